The van der Waals surface area contributed by atoms with Gasteiger partial charge in [-0.05, 0) is 63.3 Å². The van der Waals surface area contributed by atoms with Gasteiger partial charge in [-0.1, -0.05) is 37.3 Å². The van der Waals surface area contributed by atoms with Crippen molar-refractivity contribution in [1.82, 2.24) is 0 Å². The zero-order chi connectivity index (χ0) is 19.4. The molecule has 5 heteroatoms. The summed E-state index contributed by atoms with van der Waals surface area (Å²) in [5.74, 6) is 0.0751. The number of amides is 1. The fourth-order valence-electron chi connectivity index (χ4n) is 3.81. The first-order valence-electron chi connectivity index (χ1n) is 9.63. The Morgan fingerprint density at radius 3 is 2.15 bits per heavy atom. The highest BCUT2D eigenvalue weighted by Gasteiger charge is 2.51. The van der Waals surface area contributed by atoms with Crippen molar-refractivity contribution in [3.8, 4) is 0 Å². The minimum atomic E-state index is -0.394. The van der Waals surface area contributed by atoms with Crippen molar-refractivity contribution < 1.29 is 14.1 Å². The van der Waals surface area contributed by atoms with E-state index in [1.807, 2.05) is 75.1 Å². The largest absolute Gasteiger partial charge is 0.494 e. The predicted octanol–water partition coefficient (Wildman–Crippen LogP) is 4.16. The van der Waals surface area contributed by atoms with Crippen molar-refractivity contribution in [1.29, 1.82) is 0 Å². The lowest BCUT2D eigenvalue weighted by molar-refractivity contribution is -0.118. The number of para-hydroxylation sites is 1. The molecule has 0 spiro atoms. The van der Waals surface area contributed by atoms with Gasteiger partial charge in [0.2, 0.25) is 5.91 Å². The molecule has 0 saturated carbocycles. The molecule has 4 nitrogen and oxygen atoms in total. The summed E-state index contributed by atoms with van der Waals surface area (Å²) in [4.78, 5) is 14.8. The van der Waals surface area contributed by atoms with Gasteiger partial charge in [-0.15, -0.1) is 0 Å². The van der Waals surface area contributed by atoms with Crippen molar-refractivity contribution in [3.05, 3.63) is 54.1 Å². The van der Waals surface area contributed by atoms with Crippen LogP contribution in [0.15, 0.2) is 48.5 Å². The Labute approximate surface area is 161 Å². The van der Waals surface area contributed by atoms with Crippen LogP contribution in [0.2, 0.25) is 0 Å². The highest BCUT2D eigenvalue weighted by Crippen LogP contribution is 2.43. The van der Waals surface area contributed by atoms with E-state index in [9.17, 15) is 4.79 Å². The minimum absolute atomic E-state index is 0.0658. The lowest BCUT2D eigenvalue weighted by Gasteiger charge is -2.32. The lowest BCUT2D eigenvalue weighted by atomic mass is 9.79. The molecule has 0 aliphatic carbocycles. The Morgan fingerprint density at radius 1 is 0.963 bits per heavy atom. The Balaban J connectivity index is 1.63. The molecule has 2 aliphatic rings. The molecule has 2 aromatic carbocycles. The van der Waals surface area contributed by atoms with E-state index in [1.54, 1.807) is 0 Å². The third-order valence-electron chi connectivity index (χ3n) is 6.16. The maximum absolute atomic E-state index is 13.0. The number of fused-ring (bicyclic) bond motifs is 1. The second-order valence-electron chi connectivity index (χ2n) is 8.37. The van der Waals surface area contributed by atoms with E-state index < -0.39 is 7.12 Å². The second-order valence-corrected chi connectivity index (χ2v) is 8.37. The average Bonchev–Trinajstić information content (AvgIpc) is 3.03. The van der Waals surface area contributed by atoms with Gasteiger partial charge in [-0.25, -0.2) is 0 Å². The standard InChI is InChI=1S/C22H26BNO3/c1-6-17-18-9-7-8-10-19(18)24(20(17)25)16-13-11-15(12-14-16)23-26-21(2,3)22(4,5)27-23/h7-14,17H,6H2,1-5H3. The topological polar surface area (TPSA) is 38.8 Å². The fourth-order valence-corrected chi connectivity index (χ4v) is 3.81. The van der Waals surface area contributed by atoms with Crippen LogP contribution < -0.4 is 10.4 Å². The lowest BCUT2D eigenvalue weighted by Crippen LogP contribution is -2.41. The van der Waals surface area contributed by atoms with Crippen molar-refractivity contribution in [2.45, 2.75) is 58.2 Å². The van der Waals surface area contributed by atoms with Gasteiger partial charge in [0, 0.05) is 5.69 Å². The van der Waals surface area contributed by atoms with Crippen LogP contribution in [0.1, 0.15) is 52.5 Å². The third-order valence-corrected chi connectivity index (χ3v) is 6.16. The van der Waals surface area contributed by atoms with Gasteiger partial charge in [-0.2, -0.15) is 0 Å². The third kappa shape index (κ3) is 2.81. The van der Waals surface area contributed by atoms with E-state index in [1.165, 1.54) is 0 Å². The Bertz CT molecular complexity index is 859. The zero-order valence-electron chi connectivity index (χ0n) is 16.7. The molecular weight excluding hydrogens is 337 g/mol. The van der Waals surface area contributed by atoms with Gasteiger partial charge >= 0.3 is 7.12 Å². The van der Waals surface area contributed by atoms with Crippen molar-refractivity contribution >= 4 is 29.9 Å². The quantitative estimate of drug-likeness (QED) is 0.769. The van der Waals surface area contributed by atoms with Crippen LogP contribution in [0, 0.1) is 0 Å². The van der Waals surface area contributed by atoms with Crippen molar-refractivity contribution in [2.75, 3.05) is 4.90 Å². The summed E-state index contributed by atoms with van der Waals surface area (Å²) in [5.41, 5.74) is 3.20. The van der Waals surface area contributed by atoms with Crippen LogP contribution in [0.4, 0.5) is 11.4 Å². The first-order chi connectivity index (χ1) is 12.7. The summed E-state index contributed by atoms with van der Waals surface area (Å²) in [6.45, 7) is 10.3. The number of rotatable bonds is 3. The molecule has 0 bridgehead atoms. The molecule has 1 saturated heterocycles. The monoisotopic (exact) mass is 363 g/mol. The van der Waals surface area contributed by atoms with Gasteiger partial charge in [0.1, 0.15) is 0 Å². The van der Waals surface area contributed by atoms with Gasteiger partial charge in [0.05, 0.1) is 22.8 Å². The molecule has 0 aromatic heterocycles. The number of carbonyl (C=O) groups is 1. The highest BCUT2D eigenvalue weighted by atomic mass is 16.7. The number of nitrogens with zero attached hydrogens (tertiary/aromatic N) is 1. The summed E-state index contributed by atoms with van der Waals surface area (Å²) in [7, 11) is -0.394. The molecular formula is C22H26BNO3. The molecule has 1 unspecified atom stereocenters. The number of hydrogen-bond donors (Lipinski definition) is 0. The van der Waals surface area contributed by atoms with Crippen molar-refractivity contribution in [3.63, 3.8) is 0 Å². The Hall–Kier alpha value is -2.11. The molecule has 2 heterocycles. The summed E-state index contributed by atoms with van der Waals surface area (Å²) < 4.78 is 12.2. The Kier molecular flexibility index (Phi) is 4.20. The summed E-state index contributed by atoms with van der Waals surface area (Å²) in [5, 5.41) is 0. The van der Waals surface area contributed by atoms with E-state index >= 15 is 0 Å². The predicted molar refractivity (Wildman–Crippen MR) is 109 cm³/mol. The number of hydrogen-bond acceptors (Lipinski definition) is 3. The molecule has 140 valence electrons. The first-order valence-corrected chi connectivity index (χ1v) is 9.63. The molecule has 1 fully saturated rings. The first kappa shape index (κ1) is 18.3. The summed E-state index contributed by atoms with van der Waals surface area (Å²) >= 11 is 0. The molecule has 0 N–H and O–H groups in total. The number of carbonyl (C=O) groups excluding carboxylic acids is 1. The maximum Gasteiger partial charge on any atom is 0.494 e. The molecule has 2 aliphatic heterocycles. The van der Waals surface area contributed by atoms with Crippen LogP contribution in [0.25, 0.3) is 0 Å². The van der Waals surface area contributed by atoms with E-state index in [-0.39, 0.29) is 23.0 Å². The van der Waals surface area contributed by atoms with Crippen LogP contribution >= 0.6 is 0 Å². The Morgan fingerprint density at radius 2 is 1.56 bits per heavy atom. The molecule has 0 radical (unpaired) electrons. The van der Waals surface area contributed by atoms with Gasteiger partial charge in [0.25, 0.3) is 0 Å². The smallest absolute Gasteiger partial charge is 0.399 e. The van der Waals surface area contributed by atoms with E-state index in [4.69, 9.17) is 9.31 Å². The van der Waals surface area contributed by atoms with Crippen LogP contribution in [0.3, 0.4) is 0 Å². The van der Waals surface area contributed by atoms with E-state index in [0.29, 0.717) is 0 Å². The van der Waals surface area contributed by atoms with E-state index in [2.05, 4.69) is 13.0 Å². The van der Waals surface area contributed by atoms with Crippen LogP contribution in [-0.2, 0) is 14.1 Å². The van der Waals surface area contributed by atoms with Crippen molar-refractivity contribution in [2.24, 2.45) is 0 Å². The highest BCUT2D eigenvalue weighted by molar-refractivity contribution is 6.62. The number of benzene rings is 2. The van der Waals surface area contributed by atoms with Gasteiger partial charge in [-0.3, -0.25) is 9.69 Å². The fraction of sp³-hybridized carbons (Fsp3) is 0.409. The van der Waals surface area contributed by atoms with Crippen LogP contribution in [-0.4, -0.2) is 24.2 Å². The molecule has 4 rings (SSSR count). The normalized spacial score (nSPS) is 23.0. The van der Waals surface area contributed by atoms with Crippen LogP contribution in [0.5, 0.6) is 0 Å². The molecule has 1 amide bonds. The summed E-state index contributed by atoms with van der Waals surface area (Å²) in [6, 6.07) is 16.0. The summed E-state index contributed by atoms with van der Waals surface area (Å²) in [6.07, 6.45) is 0.804. The zero-order valence-corrected chi connectivity index (χ0v) is 16.7. The maximum atomic E-state index is 13.0. The molecule has 27 heavy (non-hydrogen) atoms. The average molecular weight is 363 g/mol. The van der Waals surface area contributed by atoms with E-state index in [0.717, 1.165) is 28.8 Å². The molecule has 2 aromatic rings. The molecule has 1 atom stereocenters. The van der Waals surface area contributed by atoms with Gasteiger partial charge in [0.15, 0.2) is 0 Å². The second kappa shape index (κ2) is 6.21. The van der Waals surface area contributed by atoms with Gasteiger partial charge < -0.3 is 9.31 Å². The minimum Gasteiger partial charge on any atom is -0.399 e. The number of anilines is 2. The SMILES string of the molecule is CCC1C(=O)N(c2ccc(B3OC(C)(C)C(C)(C)O3)cc2)c2ccccc21.